The Bertz CT molecular complexity index is 1370. The highest BCUT2D eigenvalue weighted by Crippen LogP contribution is 2.35. The molecule has 1 aliphatic carbocycles. The van der Waals surface area contributed by atoms with Crippen molar-refractivity contribution >= 4 is 50.6 Å². The summed E-state index contributed by atoms with van der Waals surface area (Å²) in [7, 11) is 0. The van der Waals surface area contributed by atoms with Gasteiger partial charge in [-0.2, -0.15) is 0 Å². The molecule has 0 N–H and O–H groups in total. The molecular weight excluding hydrogens is 464 g/mol. The monoisotopic (exact) mass is 486 g/mol. The Morgan fingerprint density at radius 2 is 2.09 bits per heavy atom. The molecule has 1 fully saturated rings. The molecule has 0 amide bonds. The number of hydrogen-bond acceptors (Lipinski definition) is 6. The number of thiophene rings is 1. The van der Waals surface area contributed by atoms with Gasteiger partial charge in [-0.1, -0.05) is 23.4 Å². The minimum atomic E-state index is 0.0816. The number of ether oxygens (including phenoxy) is 1. The zero-order chi connectivity index (χ0) is 21.7. The lowest BCUT2D eigenvalue weighted by atomic mass is 9.97. The summed E-state index contributed by atoms with van der Waals surface area (Å²) in [6.45, 7) is 1.34. The average Bonchev–Trinajstić information content (AvgIpc) is 3.52. The molecule has 166 valence electrons. The van der Waals surface area contributed by atoms with Gasteiger partial charge in [0.1, 0.15) is 10.5 Å². The standard InChI is InChI=1S/C23H23ClN4O2S2/c24-14-7-8-19-25-15(11-27(19)10-14)13-31-23-26-21-20(17-5-1-2-6-18(17)32-21)22(29)28(23)12-16-4-3-9-30-16/h7-8,10-11,16H,1-6,9,12-13H2. The average molecular weight is 487 g/mol. The van der Waals surface area contributed by atoms with Crippen molar-refractivity contribution in [3.63, 3.8) is 0 Å². The summed E-state index contributed by atoms with van der Waals surface area (Å²) in [5.74, 6) is 0.633. The van der Waals surface area contributed by atoms with Crippen LogP contribution in [0.4, 0.5) is 0 Å². The molecule has 32 heavy (non-hydrogen) atoms. The van der Waals surface area contributed by atoms with Gasteiger partial charge in [0.25, 0.3) is 5.56 Å². The van der Waals surface area contributed by atoms with Gasteiger partial charge in [-0.05, 0) is 56.2 Å². The van der Waals surface area contributed by atoms with E-state index in [4.69, 9.17) is 21.3 Å². The fourth-order valence-electron chi connectivity index (χ4n) is 4.71. The van der Waals surface area contributed by atoms with Crippen molar-refractivity contribution in [2.24, 2.45) is 0 Å². The maximum Gasteiger partial charge on any atom is 0.263 e. The second kappa shape index (κ2) is 8.48. The lowest BCUT2D eigenvalue weighted by Gasteiger charge is -2.16. The second-order valence-corrected chi connectivity index (χ2v) is 10.9. The van der Waals surface area contributed by atoms with Gasteiger partial charge in [-0.3, -0.25) is 9.36 Å². The Morgan fingerprint density at radius 1 is 1.19 bits per heavy atom. The molecule has 4 aromatic heterocycles. The van der Waals surface area contributed by atoms with E-state index in [0.29, 0.717) is 17.3 Å². The highest BCUT2D eigenvalue weighted by Gasteiger charge is 2.25. The molecule has 0 bridgehead atoms. The van der Waals surface area contributed by atoms with Gasteiger partial charge in [0.15, 0.2) is 5.16 Å². The summed E-state index contributed by atoms with van der Waals surface area (Å²) in [4.78, 5) is 25.6. The van der Waals surface area contributed by atoms with E-state index in [1.54, 1.807) is 23.1 Å². The molecule has 9 heteroatoms. The Kier molecular flexibility index (Phi) is 5.49. The molecule has 1 aliphatic heterocycles. The Hall–Kier alpha value is -1.87. The molecule has 0 spiro atoms. The first-order valence-electron chi connectivity index (χ1n) is 11.1. The van der Waals surface area contributed by atoms with E-state index in [1.807, 2.05) is 33.5 Å². The van der Waals surface area contributed by atoms with E-state index in [2.05, 4.69) is 4.98 Å². The van der Waals surface area contributed by atoms with Crippen molar-refractivity contribution in [1.29, 1.82) is 0 Å². The van der Waals surface area contributed by atoms with Crippen LogP contribution in [0.15, 0.2) is 34.5 Å². The van der Waals surface area contributed by atoms with E-state index >= 15 is 0 Å². The van der Waals surface area contributed by atoms with Crippen molar-refractivity contribution < 1.29 is 4.74 Å². The lowest BCUT2D eigenvalue weighted by Crippen LogP contribution is -2.29. The van der Waals surface area contributed by atoms with Crippen molar-refractivity contribution in [1.82, 2.24) is 18.9 Å². The largest absolute Gasteiger partial charge is 0.376 e. The summed E-state index contributed by atoms with van der Waals surface area (Å²) >= 11 is 9.38. The van der Waals surface area contributed by atoms with Crippen LogP contribution in [0.3, 0.4) is 0 Å². The summed E-state index contributed by atoms with van der Waals surface area (Å²) < 4.78 is 9.66. The smallest absolute Gasteiger partial charge is 0.263 e. The summed E-state index contributed by atoms with van der Waals surface area (Å²) in [6, 6.07) is 3.75. The topological polar surface area (TPSA) is 61.4 Å². The van der Waals surface area contributed by atoms with Crippen LogP contribution in [0.25, 0.3) is 15.9 Å². The minimum absolute atomic E-state index is 0.0816. The summed E-state index contributed by atoms with van der Waals surface area (Å²) in [5.41, 5.74) is 3.12. The second-order valence-electron chi connectivity index (χ2n) is 8.47. The van der Waals surface area contributed by atoms with Gasteiger partial charge in [0.05, 0.1) is 28.8 Å². The maximum absolute atomic E-state index is 13.7. The summed E-state index contributed by atoms with van der Waals surface area (Å²) in [5, 5.41) is 2.27. The third-order valence-corrected chi connectivity index (χ3v) is 8.68. The van der Waals surface area contributed by atoms with E-state index in [-0.39, 0.29) is 11.7 Å². The first kappa shape index (κ1) is 20.7. The molecule has 6 rings (SSSR count). The predicted molar refractivity (Wildman–Crippen MR) is 129 cm³/mol. The predicted octanol–water partition coefficient (Wildman–Crippen LogP) is 5.11. The van der Waals surface area contributed by atoms with Gasteiger partial charge < -0.3 is 9.14 Å². The molecule has 5 heterocycles. The van der Waals surface area contributed by atoms with Gasteiger partial charge in [0, 0.05) is 29.6 Å². The SMILES string of the molecule is O=c1c2c3c(sc2nc(SCc2cn4cc(Cl)ccc4n2)n1CC1CCCO1)CCCC3. The number of thioether (sulfide) groups is 1. The van der Waals surface area contributed by atoms with Crippen LogP contribution in [0, 0.1) is 0 Å². The molecule has 1 atom stereocenters. The van der Waals surface area contributed by atoms with E-state index in [0.717, 1.165) is 65.4 Å². The third kappa shape index (κ3) is 3.77. The van der Waals surface area contributed by atoms with Crippen LogP contribution in [0.1, 0.15) is 41.8 Å². The molecule has 0 saturated carbocycles. The number of imidazole rings is 1. The minimum Gasteiger partial charge on any atom is -0.376 e. The Morgan fingerprint density at radius 3 is 2.97 bits per heavy atom. The van der Waals surface area contributed by atoms with Crippen LogP contribution in [-0.2, 0) is 29.9 Å². The van der Waals surface area contributed by atoms with Crippen molar-refractivity contribution in [3.8, 4) is 0 Å². The molecular formula is C23H23ClN4O2S2. The molecule has 6 nitrogen and oxygen atoms in total. The van der Waals surface area contributed by atoms with Gasteiger partial charge >= 0.3 is 0 Å². The zero-order valence-electron chi connectivity index (χ0n) is 17.6. The third-order valence-electron chi connectivity index (χ3n) is 6.26. The molecule has 0 aromatic carbocycles. The van der Waals surface area contributed by atoms with Crippen LogP contribution in [0.5, 0.6) is 0 Å². The summed E-state index contributed by atoms with van der Waals surface area (Å²) in [6.07, 6.45) is 10.4. The fourth-order valence-corrected chi connectivity index (χ4v) is 7.07. The fraction of sp³-hybridized carbons (Fsp3) is 0.435. The molecule has 1 unspecified atom stereocenters. The number of nitrogens with zero attached hydrogens (tertiary/aromatic N) is 4. The zero-order valence-corrected chi connectivity index (χ0v) is 19.9. The van der Waals surface area contributed by atoms with Gasteiger partial charge in [-0.15, -0.1) is 11.3 Å². The number of aryl methyl sites for hydroxylation is 2. The molecule has 4 aromatic rings. The lowest BCUT2D eigenvalue weighted by molar-refractivity contribution is 0.0937. The van der Waals surface area contributed by atoms with Crippen LogP contribution < -0.4 is 5.56 Å². The Balaban J connectivity index is 1.38. The molecule has 0 radical (unpaired) electrons. The van der Waals surface area contributed by atoms with E-state index in [1.165, 1.54) is 16.9 Å². The number of aromatic nitrogens is 4. The number of fused-ring (bicyclic) bond motifs is 4. The quantitative estimate of drug-likeness (QED) is 0.290. The van der Waals surface area contributed by atoms with Crippen LogP contribution in [0.2, 0.25) is 5.02 Å². The number of hydrogen-bond donors (Lipinski definition) is 0. The van der Waals surface area contributed by atoms with Crippen molar-refractivity contribution in [2.75, 3.05) is 6.61 Å². The van der Waals surface area contributed by atoms with Gasteiger partial charge in [0.2, 0.25) is 0 Å². The first-order chi connectivity index (χ1) is 15.7. The van der Waals surface area contributed by atoms with Gasteiger partial charge in [-0.25, -0.2) is 9.97 Å². The Labute approximate surface area is 198 Å². The highest BCUT2D eigenvalue weighted by molar-refractivity contribution is 7.98. The van der Waals surface area contributed by atoms with Crippen molar-refractivity contribution in [3.05, 3.63) is 56.0 Å². The van der Waals surface area contributed by atoms with E-state index < -0.39 is 0 Å². The number of rotatable bonds is 5. The van der Waals surface area contributed by atoms with Crippen molar-refractivity contribution in [2.45, 2.75) is 62.1 Å². The first-order valence-corrected chi connectivity index (χ1v) is 13.3. The van der Waals surface area contributed by atoms with E-state index in [9.17, 15) is 4.79 Å². The van der Waals surface area contributed by atoms with Crippen LogP contribution >= 0.6 is 34.7 Å². The highest BCUT2D eigenvalue weighted by atomic mass is 35.5. The van der Waals surface area contributed by atoms with Crippen LogP contribution in [-0.4, -0.2) is 31.6 Å². The number of pyridine rings is 1. The number of halogens is 1. The maximum atomic E-state index is 13.7. The molecule has 1 saturated heterocycles. The molecule has 2 aliphatic rings. The normalized spacial score (nSPS) is 18.6.